The summed E-state index contributed by atoms with van der Waals surface area (Å²) < 4.78 is 0. The molecular formula is C15H20N4O2. The van der Waals surface area contributed by atoms with Crippen molar-refractivity contribution in [2.45, 2.75) is 26.4 Å². The fraction of sp³-hybridized carbons (Fsp3) is 0.400. The summed E-state index contributed by atoms with van der Waals surface area (Å²) in [6.07, 6.45) is 0.160. The van der Waals surface area contributed by atoms with Gasteiger partial charge >= 0.3 is 0 Å². The van der Waals surface area contributed by atoms with E-state index >= 15 is 0 Å². The molecule has 0 bridgehead atoms. The Bertz CT molecular complexity index is 604. The Labute approximate surface area is 123 Å². The summed E-state index contributed by atoms with van der Waals surface area (Å²) in [5.41, 5.74) is 1.47. The van der Waals surface area contributed by atoms with E-state index in [1.54, 1.807) is 31.0 Å². The number of aryl methyl sites for hydroxylation is 1. The van der Waals surface area contributed by atoms with E-state index in [0.29, 0.717) is 24.4 Å². The number of aromatic amines is 1. The van der Waals surface area contributed by atoms with Gasteiger partial charge in [0.15, 0.2) is 5.82 Å². The molecule has 0 spiro atoms. The highest BCUT2D eigenvalue weighted by Crippen LogP contribution is 2.16. The molecule has 1 amide bonds. The zero-order valence-corrected chi connectivity index (χ0v) is 12.5. The van der Waals surface area contributed by atoms with Crippen LogP contribution in [0.25, 0.3) is 11.4 Å². The number of carbonyl (C=O) groups excluding carboxylic acids is 1. The first-order valence-electron chi connectivity index (χ1n) is 6.90. The summed E-state index contributed by atoms with van der Waals surface area (Å²) in [6, 6.07) is 7.20. The van der Waals surface area contributed by atoms with Crippen LogP contribution in [0.4, 0.5) is 0 Å². The number of aliphatic hydroxyl groups is 1. The van der Waals surface area contributed by atoms with Crippen molar-refractivity contribution in [2.75, 3.05) is 13.6 Å². The predicted molar refractivity (Wildman–Crippen MR) is 79.8 cm³/mol. The SMILES string of the molecule is Cc1nc(-c2ccc(C(=O)N(C)CCC(C)O)cc2)n[nH]1. The summed E-state index contributed by atoms with van der Waals surface area (Å²) in [5.74, 6) is 1.31. The minimum absolute atomic E-state index is 0.0617. The molecule has 1 aromatic carbocycles. The molecule has 0 saturated carbocycles. The number of rotatable bonds is 5. The largest absolute Gasteiger partial charge is 0.393 e. The van der Waals surface area contributed by atoms with Crippen LogP contribution in [0.3, 0.4) is 0 Å². The van der Waals surface area contributed by atoms with Gasteiger partial charge in [0.2, 0.25) is 0 Å². The summed E-state index contributed by atoms with van der Waals surface area (Å²) in [5, 5.41) is 16.1. The van der Waals surface area contributed by atoms with Gasteiger partial charge in [0.05, 0.1) is 6.10 Å². The lowest BCUT2D eigenvalue weighted by Gasteiger charge is -2.18. The Kier molecular flexibility index (Phi) is 4.70. The monoisotopic (exact) mass is 288 g/mol. The molecule has 1 heterocycles. The van der Waals surface area contributed by atoms with Gasteiger partial charge in [0.1, 0.15) is 5.82 Å². The van der Waals surface area contributed by atoms with Crippen LogP contribution in [0.2, 0.25) is 0 Å². The van der Waals surface area contributed by atoms with Crippen LogP contribution >= 0.6 is 0 Å². The lowest BCUT2D eigenvalue weighted by Crippen LogP contribution is -2.29. The highest BCUT2D eigenvalue weighted by molar-refractivity contribution is 5.94. The molecule has 2 N–H and O–H groups in total. The number of aliphatic hydroxyl groups excluding tert-OH is 1. The smallest absolute Gasteiger partial charge is 0.253 e. The van der Waals surface area contributed by atoms with E-state index in [1.807, 2.05) is 19.1 Å². The van der Waals surface area contributed by atoms with Crippen LogP contribution in [0.5, 0.6) is 0 Å². The number of aromatic nitrogens is 3. The van der Waals surface area contributed by atoms with Crippen molar-refractivity contribution in [1.29, 1.82) is 0 Å². The van der Waals surface area contributed by atoms with E-state index in [0.717, 1.165) is 11.4 Å². The Balaban J connectivity index is 2.06. The average Bonchev–Trinajstić information content (AvgIpc) is 2.90. The first-order chi connectivity index (χ1) is 9.97. The third-order valence-electron chi connectivity index (χ3n) is 3.22. The van der Waals surface area contributed by atoms with Crippen LogP contribution in [0.1, 0.15) is 29.5 Å². The maximum atomic E-state index is 12.2. The van der Waals surface area contributed by atoms with Gasteiger partial charge in [-0.3, -0.25) is 9.89 Å². The van der Waals surface area contributed by atoms with Crippen LogP contribution in [0.15, 0.2) is 24.3 Å². The number of nitrogens with one attached hydrogen (secondary N) is 1. The second kappa shape index (κ2) is 6.49. The standard InChI is InChI=1S/C15H20N4O2/c1-10(20)8-9-19(3)15(21)13-6-4-12(5-7-13)14-16-11(2)17-18-14/h4-7,10,20H,8-9H2,1-3H3,(H,16,17,18). The quantitative estimate of drug-likeness (QED) is 0.876. The summed E-state index contributed by atoms with van der Waals surface area (Å²) in [4.78, 5) is 18.1. The molecule has 2 aromatic rings. The highest BCUT2D eigenvalue weighted by Gasteiger charge is 2.13. The van der Waals surface area contributed by atoms with Gasteiger partial charge in [-0.25, -0.2) is 4.98 Å². The molecule has 112 valence electrons. The third kappa shape index (κ3) is 3.88. The van der Waals surface area contributed by atoms with Crippen molar-refractivity contribution in [2.24, 2.45) is 0 Å². The number of H-pyrrole nitrogens is 1. The van der Waals surface area contributed by atoms with E-state index in [1.165, 1.54) is 0 Å². The van der Waals surface area contributed by atoms with Crippen molar-refractivity contribution in [3.05, 3.63) is 35.7 Å². The van der Waals surface area contributed by atoms with Gasteiger partial charge in [-0.05, 0) is 32.4 Å². The predicted octanol–water partition coefficient (Wildman–Crippen LogP) is 1.62. The average molecular weight is 288 g/mol. The van der Waals surface area contributed by atoms with Crippen molar-refractivity contribution in [3.63, 3.8) is 0 Å². The van der Waals surface area contributed by atoms with E-state index < -0.39 is 6.10 Å². The first kappa shape index (κ1) is 15.2. The molecule has 0 aliphatic heterocycles. The van der Waals surface area contributed by atoms with Crippen molar-refractivity contribution in [3.8, 4) is 11.4 Å². The Morgan fingerprint density at radius 1 is 1.38 bits per heavy atom. The summed E-state index contributed by atoms with van der Waals surface area (Å²) in [7, 11) is 1.73. The number of hydrogen-bond acceptors (Lipinski definition) is 4. The minimum atomic E-state index is -0.406. The van der Waals surface area contributed by atoms with E-state index in [9.17, 15) is 9.90 Å². The third-order valence-corrected chi connectivity index (χ3v) is 3.22. The Morgan fingerprint density at radius 3 is 2.57 bits per heavy atom. The lowest BCUT2D eigenvalue weighted by atomic mass is 10.1. The second-order valence-corrected chi connectivity index (χ2v) is 5.19. The molecule has 0 fully saturated rings. The minimum Gasteiger partial charge on any atom is -0.393 e. The second-order valence-electron chi connectivity index (χ2n) is 5.19. The highest BCUT2D eigenvalue weighted by atomic mass is 16.3. The molecule has 1 unspecified atom stereocenters. The zero-order valence-electron chi connectivity index (χ0n) is 12.5. The Hall–Kier alpha value is -2.21. The van der Waals surface area contributed by atoms with Crippen molar-refractivity contribution in [1.82, 2.24) is 20.1 Å². The molecule has 6 heteroatoms. The number of hydrogen-bond donors (Lipinski definition) is 2. The number of nitrogens with zero attached hydrogens (tertiary/aromatic N) is 3. The van der Waals surface area contributed by atoms with Gasteiger partial charge in [0, 0.05) is 24.7 Å². The van der Waals surface area contributed by atoms with Gasteiger partial charge in [-0.15, -0.1) is 0 Å². The van der Waals surface area contributed by atoms with E-state index in [2.05, 4.69) is 15.2 Å². The number of benzene rings is 1. The molecule has 1 atom stereocenters. The molecule has 2 rings (SSSR count). The maximum Gasteiger partial charge on any atom is 0.253 e. The molecule has 0 saturated heterocycles. The van der Waals surface area contributed by atoms with Gasteiger partial charge in [-0.1, -0.05) is 12.1 Å². The number of amides is 1. The fourth-order valence-electron chi connectivity index (χ4n) is 1.94. The zero-order chi connectivity index (χ0) is 15.4. The van der Waals surface area contributed by atoms with Crippen LogP contribution in [-0.2, 0) is 0 Å². The lowest BCUT2D eigenvalue weighted by molar-refractivity contribution is 0.0769. The first-order valence-corrected chi connectivity index (χ1v) is 6.90. The topological polar surface area (TPSA) is 82.1 Å². The van der Waals surface area contributed by atoms with E-state index in [4.69, 9.17) is 0 Å². The molecular weight excluding hydrogens is 268 g/mol. The molecule has 0 aliphatic rings. The molecule has 21 heavy (non-hydrogen) atoms. The Morgan fingerprint density at radius 2 is 2.05 bits per heavy atom. The summed E-state index contributed by atoms with van der Waals surface area (Å²) in [6.45, 7) is 4.08. The van der Waals surface area contributed by atoms with Crippen LogP contribution in [-0.4, -0.2) is 50.8 Å². The molecule has 0 aliphatic carbocycles. The van der Waals surface area contributed by atoms with Crippen molar-refractivity contribution < 1.29 is 9.90 Å². The molecule has 1 aromatic heterocycles. The van der Waals surface area contributed by atoms with Gasteiger partial charge in [-0.2, -0.15) is 5.10 Å². The van der Waals surface area contributed by atoms with E-state index in [-0.39, 0.29) is 5.91 Å². The fourth-order valence-corrected chi connectivity index (χ4v) is 1.94. The van der Waals surface area contributed by atoms with Crippen molar-refractivity contribution >= 4 is 5.91 Å². The van der Waals surface area contributed by atoms with Gasteiger partial charge in [0.25, 0.3) is 5.91 Å². The maximum absolute atomic E-state index is 12.2. The van der Waals surface area contributed by atoms with Crippen LogP contribution in [0, 0.1) is 6.92 Å². The summed E-state index contributed by atoms with van der Waals surface area (Å²) >= 11 is 0. The normalized spacial score (nSPS) is 12.2. The van der Waals surface area contributed by atoms with Crippen LogP contribution < -0.4 is 0 Å². The number of carbonyl (C=O) groups is 1. The molecule has 6 nitrogen and oxygen atoms in total. The molecule has 0 radical (unpaired) electrons. The van der Waals surface area contributed by atoms with Gasteiger partial charge < -0.3 is 10.0 Å².